The standard InChI is InChI=1S/C17H14N2O2S/c1-9-10(2)22-17-14(9)15(21-3)18-13-8-11-6-4-5-7-12(11)16(20)19(13)17/h4-8H,1-3H3. The zero-order valence-electron chi connectivity index (χ0n) is 12.5. The van der Waals surface area contributed by atoms with E-state index in [1.165, 1.54) is 4.88 Å². The van der Waals surface area contributed by atoms with Crippen LogP contribution < -0.4 is 10.3 Å². The molecule has 0 fully saturated rings. The molecule has 110 valence electrons. The summed E-state index contributed by atoms with van der Waals surface area (Å²) in [5.41, 5.74) is 1.70. The first-order valence-electron chi connectivity index (χ1n) is 7.00. The average molecular weight is 310 g/mol. The Bertz CT molecular complexity index is 1110. The van der Waals surface area contributed by atoms with E-state index in [0.717, 1.165) is 21.2 Å². The van der Waals surface area contributed by atoms with Gasteiger partial charge in [-0.05, 0) is 36.9 Å². The maximum Gasteiger partial charge on any atom is 0.265 e. The van der Waals surface area contributed by atoms with Gasteiger partial charge >= 0.3 is 0 Å². The van der Waals surface area contributed by atoms with Gasteiger partial charge < -0.3 is 4.74 Å². The summed E-state index contributed by atoms with van der Waals surface area (Å²) in [6.45, 7) is 4.09. The number of benzene rings is 1. The number of methoxy groups -OCH3 is 1. The summed E-state index contributed by atoms with van der Waals surface area (Å²) >= 11 is 1.60. The number of thiophene rings is 1. The van der Waals surface area contributed by atoms with Gasteiger partial charge in [0.1, 0.15) is 10.5 Å². The molecule has 0 atom stereocenters. The molecule has 0 amide bonds. The molecule has 0 aliphatic heterocycles. The van der Waals surface area contributed by atoms with Gasteiger partial charge in [-0.25, -0.2) is 0 Å². The highest BCUT2D eigenvalue weighted by atomic mass is 32.1. The van der Waals surface area contributed by atoms with Crippen LogP contribution in [0, 0.1) is 13.8 Å². The fourth-order valence-corrected chi connectivity index (χ4v) is 4.01. The van der Waals surface area contributed by atoms with E-state index >= 15 is 0 Å². The van der Waals surface area contributed by atoms with Crippen molar-refractivity contribution in [3.05, 3.63) is 51.1 Å². The van der Waals surface area contributed by atoms with Gasteiger partial charge in [-0.15, -0.1) is 11.3 Å². The maximum absolute atomic E-state index is 12.9. The number of aryl methyl sites for hydroxylation is 2. The van der Waals surface area contributed by atoms with Gasteiger partial charge in [0.25, 0.3) is 5.56 Å². The zero-order valence-corrected chi connectivity index (χ0v) is 13.3. The molecule has 0 saturated heterocycles. The topological polar surface area (TPSA) is 43.6 Å². The Hall–Kier alpha value is -2.40. The minimum atomic E-state index is -0.0329. The number of aromatic nitrogens is 2. The molecule has 4 aromatic rings. The van der Waals surface area contributed by atoms with Crippen LogP contribution >= 0.6 is 11.3 Å². The molecule has 0 aliphatic rings. The Morgan fingerprint density at radius 2 is 2.00 bits per heavy atom. The van der Waals surface area contributed by atoms with Crippen LogP contribution in [-0.4, -0.2) is 16.5 Å². The van der Waals surface area contributed by atoms with E-state index in [0.29, 0.717) is 16.9 Å². The number of fused-ring (bicyclic) bond motifs is 4. The lowest BCUT2D eigenvalue weighted by atomic mass is 10.1. The van der Waals surface area contributed by atoms with Crippen LogP contribution in [0.15, 0.2) is 35.1 Å². The van der Waals surface area contributed by atoms with Crippen LogP contribution in [0.3, 0.4) is 0 Å². The van der Waals surface area contributed by atoms with Gasteiger partial charge in [-0.2, -0.15) is 4.98 Å². The van der Waals surface area contributed by atoms with E-state index in [1.807, 2.05) is 37.3 Å². The lowest BCUT2D eigenvalue weighted by Gasteiger charge is -2.08. The van der Waals surface area contributed by atoms with Gasteiger partial charge in [-0.3, -0.25) is 9.20 Å². The minimum Gasteiger partial charge on any atom is -0.480 e. The van der Waals surface area contributed by atoms with Crippen molar-refractivity contribution >= 4 is 38.0 Å². The van der Waals surface area contributed by atoms with Crippen LogP contribution in [0.25, 0.3) is 26.6 Å². The van der Waals surface area contributed by atoms with Gasteiger partial charge in [0.2, 0.25) is 5.88 Å². The molecule has 0 radical (unpaired) electrons. The second kappa shape index (κ2) is 4.55. The summed E-state index contributed by atoms with van der Waals surface area (Å²) in [4.78, 5) is 19.5. The molecule has 0 N–H and O–H groups in total. The first kappa shape index (κ1) is 13.3. The number of ether oxygens (including phenoxy) is 1. The molecule has 0 spiro atoms. The lowest BCUT2D eigenvalue weighted by Crippen LogP contribution is -2.15. The fraction of sp³-hybridized carbons (Fsp3) is 0.176. The summed E-state index contributed by atoms with van der Waals surface area (Å²) in [6, 6.07) is 9.53. The van der Waals surface area contributed by atoms with E-state index in [4.69, 9.17) is 4.74 Å². The summed E-state index contributed by atoms with van der Waals surface area (Å²) < 4.78 is 7.16. The van der Waals surface area contributed by atoms with Crippen molar-refractivity contribution in [3.63, 3.8) is 0 Å². The fourth-order valence-electron chi connectivity index (χ4n) is 2.85. The quantitative estimate of drug-likeness (QED) is 0.504. The minimum absolute atomic E-state index is 0.0329. The smallest absolute Gasteiger partial charge is 0.265 e. The van der Waals surface area contributed by atoms with Crippen molar-refractivity contribution in [3.8, 4) is 5.88 Å². The predicted octanol–water partition coefficient (Wildman–Crippen LogP) is 3.69. The number of nitrogens with zero attached hydrogens (tertiary/aromatic N) is 2. The third-order valence-corrected chi connectivity index (χ3v) is 5.29. The summed E-state index contributed by atoms with van der Waals surface area (Å²) in [5.74, 6) is 0.575. The molecule has 3 heterocycles. The molecule has 5 heteroatoms. The first-order valence-corrected chi connectivity index (χ1v) is 7.81. The number of pyridine rings is 1. The second-order valence-corrected chi connectivity index (χ2v) is 6.52. The molecule has 3 aromatic heterocycles. The summed E-state index contributed by atoms with van der Waals surface area (Å²) in [7, 11) is 1.61. The average Bonchev–Trinajstić information content (AvgIpc) is 2.82. The van der Waals surface area contributed by atoms with Crippen LogP contribution in [0.2, 0.25) is 0 Å². The van der Waals surface area contributed by atoms with Gasteiger partial charge in [-0.1, -0.05) is 18.2 Å². The molecule has 22 heavy (non-hydrogen) atoms. The Labute approximate surface area is 130 Å². The molecule has 4 nitrogen and oxygen atoms in total. The van der Waals surface area contributed by atoms with Crippen LogP contribution in [0.4, 0.5) is 0 Å². The van der Waals surface area contributed by atoms with Crippen LogP contribution in [0.5, 0.6) is 5.88 Å². The van der Waals surface area contributed by atoms with Crippen LogP contribution in [0.1, 0.15) is 10.4 Å². The van der Waals surface area contributed by atoms with Crippen molar-refractivity contribution < 1.29 is 4.74 Å². The van der Waals surface area contributed by atoms with E-state index < -0.39 is 0 Å². The Morgan fingerprint density at radius 1 is 1.23 bits per heavy atom. The normalized spacial score (nSPS) is 11.6. The van der Waals surface area contributed by atoms with Gasteiger partial charge in [0, 0.05) is 10.3 Å². The van der Waals surface area contributed by atoms with Crippen LogP contribution in [-0.2, 0) is 0 Å². The Balaban J connectivity index is 2.36. The molecule has 1 aromatic carbocycles. The third-order valence-electron chi connectivity index (χ3n) is 4.10. The molecule has 0 saturated carbocycles. The predicted molar refractivity (Wildman–Crippen MR) is 90.4 cm³/mol. The molecule has 0 aliphatic carbocycles. The molecule has 0 unspecified atom stereocenters. The van der Waals surface area contributed by atoms with Crippen molar-refractivity contribution in [2.75, 3.05) is 7.11 Å². The summed E-state index contributed by atoms with van der Waals surface area (Å²) in [6.07, 6.45) is 0. The number of rotatable bonds is 1. The monoisotopic (exact) mass is 310 g/mol. The highest BCUT2D eigenvalue weighted by Gasteiger charge is 2.17. The molecule has 4 rings (SSSR count). The van der Waals surface area contributed by atoms with Gasteiger partial charge in [0.15, 0.2) is 0 Å². The van der Waals surface area contributed by atoms with Crippen molar-refractivity contribution in [2.45, 2.75) is 13.8 Å². The highest BCUT2D eigenvalue weighted by Crippen LogP contribution is 2.35. The van der Waals surface area contributed by atoms with E-state index in [1.54, 1.807) is 22.8 Å². The largest absolute Gasteiger partial charge is 0.480 e. The Morgan fingerprint density at radius 3 is 2.77 bits per heavy atom. The zero-order chi connectivity index (χ0) is 15.4. The lowest BCUT2D eigenvalue weighted by molar-refractivity contribution is 0.404. The maximum atomic E-state index is 12.9. The second-order valence-electron chi connectivity index (χ2n) is 5.31. The molecule has 0 bridgehead atoms. The first-order chi connectivity index (χ1) is 10.6. The van der Waals surface area contributed by atoms with Crippen molar-refractivity contribution in [2.24, 2.45) is 0 Å². The number of hydrogen-bond donors (Lipinski definition) is 0. The number of hydrogen-bond acceptors (Lipinski definition) is 4. The van der Waals surface area contributed by atoms with E-state index in [9.17, 15) is 4.79 Å². The summed E-state index contributed by atoms with van der Waals surface area (Å²) in [5, 5.41) is 2.53. The Kier molecular flexibility index (Phi) is 2.74. The highest BCUT2D eigenvalue weighted by molar-refractivity contribution is 7.18. The third kappa shape index (κ3) is 1.63. The molecular weight excluding hydrogens is 296 g/mol. The van der Waals surface area contributed by atoms with Gasteiger partial charge in [0.05, 0.1) is 12.5 Å². The van der Waals surface area contributed by atoms with Crippen molar-refractivity contribution in [1.29, 1.82) is 0 Å². The molecular formula is C17H14N2O2S. The van der Waals surface area contributed by atoms with E-state index in [-0.39, 0.29) is 5.56 Å². The van der Waals surface area contributed by atoms with E-state index in [2.05, 4.69) is 11.9 Å². The SMILES string of the molecule is COc1nc2cc3ccccc3c(=O)n2c2sc(C)c(C)c12. The van der Waals surface area contributed by atoms with Crippen molar-refractivity contribution in [1.82, 2.24) is 9.38 Å².